The van der Waals surface area contributed by atoms with Crippen LogP contribution in [0.1, 0.15) is 56.4 Å². The third kappa shape index (κ3) is 6.48. The average molecular weight is 407 g/mol. The highest BCUT2D eigenvalue weighted by atomic mass is 32.2. The van der Waals surface area contributed by atoms with Gasteiger partial charge < -0.3 is 10.6 Å². The van der Waals surface area contributed by atoms with Crippen LogP contribution in [0.15, 0.2) is 35.3 Å². The lowest BCUT2D eigenvalue weighted by molar-refractivity contribution is 0.316. The van der Waals surface area contributed by atoms with Gasteiger partial charge in [0.25, 0.3) is 0 Å². The lowest BCUT2D eigenvalue weighted by atomic mass is 9.82. The number of hydrogen-bond donors (Lipinski definition) is 3. The number of hydrogen-bond acceptors (Lipinski definition) is 3. The summed E-state index contributed by atoms with van der Waals surface area (Å²) in [6.45, 7) is 0.943. The molecule has 7 heteroatoms. The third-order valence-electron chi connectivity index (χ3n) is 6.04. The van der Waals surface area contributed by atoms with Gasteiger partial charge in [-0.1, -0.05) is 36.8 Å². The molecule has 0 amide bonds. The van der Waals surface area contributed by atoms with Gasteiger partial charge in [0, 0.05) is 26.2 Å². The monoisotopic (exact) mass is 406 g/mol. The predicted octanol–water partition coefficient (Wildman–Crippen LogP) is 2.60. The smallest absolute Gasteiger partial charge is 0.213 e. The highest BCUT2D eigenvalue weighted by molar-refractivity contribution is 7.89. The van der Waals surface area contributed by atoms with Crippen LogP contribution < -0.4 is 15.4 Å². The Balaban J connectivity index is 1.35. The average Bonchev–Trinajstić information content (AvgIpc) is 2.67. The summed E-state index contributed by atoms with van der Waals surface area (Å²) in [5.74, 6) is 1.93. The molecule has 2 aliphatic rings. The molecule has 1 aromatic carbocycles. The molecule has 2 fully saturated rings. The predicted molar refractivity (Wildman–Crippen MR) is 115 cm³/mol. The van der Waals surface area contributed by atoms with Crippen LogP contribution in [-0.4, -0.2) is 46.3 Å². The second-order valence-corrected chi connectivity index (χ2v) is 9.99. The molecular formula is C21H34N4O2S. The molecule has 156 valence electrons. The maximum atomic E-state index is 12.1. The van der Waals surface area contributed by atoms with Crippen LogP contribution in [0.25, 0.3) is 0 Å². The third-order valence-corrected chi connectivity index (χ3v) is 7.39. The summed E-state index contributed by atoms with van der Waals surface area (Å²) in [5, 5.41) is 6.61. The van der Waals surface area contributed by atoms with Gasteiger partial charge in [0.05, 0.1) is 5.75 Å². The zero-order valence-electron chi connectivity index (χ0n) is 16.9. The molecule has 3 rings (SSSR count). The quantitative estimate of drug-likeness (QED) is 0.458. The summed E-state index contributed by atoms with van der Waals surface area (Å²) in [5.41, 5.74) is 1.43. The van der Waals surface area contributed by atoms with Crippen molar-refractivity contribution in [2.45, 2.75) is 56.9 Å². The Labute approximate surface area is 169 Å². The van der Waals surface area contributed by atoms with E-state index in [2.05, 4.69) is 50.7 Å². The van der Waals surface area contributed by atoms with Crippen LogP contribution in [0, 0.1) is 5.92 Å². The molecule has 6 nitrogen and oxygen atoms in total. The van der Waals surface area contributed by atoms with E-state index >= 15 is 0 Å². The molecule has 1 aromatic rings. The fourth-order valence-corrected chi connectivity index (χ4v) is 5.01. The molecule has 0 spiro atoms. The van der Waals surface area contributed by atoms with E-state index in [4.69, 9.17) is 0 Å². The standard InChI is InChI=1S/C21H34N4O2S/c1-22-21(23-14-15-28(26,27)24-16-17-6-5-7-17)25-20-12-10-19(11-13-20)18-8-3-2-4-9-18/h2-4,8-9,17,19-20,24H,5-7,10-16H2,1H3,(H2,22,23,25). The minimum atomic E-state index is -3.22. The Kier molecular flexibility index (Phi) is 7.73. The van der Waals surface area contributed by atoms with Crippen molar-refractivity contribution in [2.75, 3.05) is 25.9 Å². The van der Waals surface area contributed by atoms with E-state index in [9.17, 15) is 8.42 Å². The summed E-state index contributed by atoms with van der Waals surface area (Å²) in [6.07, 6.45) is 8.04. The summed E-state index contributed by atoms with van der Waals surface area (Å²) in [7, 11) is -1.49. The molecule has 3 N–H and O–H groups in total. The Morgan fingerprint density at radius 1 is 1.07 bits per heavy atom. The highest BCUT2D eigenvalue weighted by Gasteiger charge is 2.23. The molecule has 0 aliphatic heterocycles. The lowest BCUT2D eigenvalue weighted by Crippen LogP contribution is -2.46. The Hall–Kier alpha value is -1.60. The van der Waals surface area contributed by atoms with Crippen molar-refractivity contribution in [3.8, 4) is 0 Å². The van der Waals surface area contributed by atoms with E-state index < -0.39 is 10.0 Å². The minimum absolute atomic E-state index is 0.0706. The van der Waals surface area contributed by atoms with Gasteiger partial charge >= 0.3 is 0 Å². The normalized spacial score (nSPS) is 23.8. The van der Waals surface area contributed by atoms with Crippen LogP contribution in [0.5, 0.6) is 0 Å². The summed E-state index contributed by atoms with van der Waals surface area (Å²) < 4.78 is 26.9. The first kappa shape index (κ1) is 21.1. The SMILES string of the molecule is CN=C(NCCS(=O)(=O)NCC1CCC1)NC1CCC(c2ccccc2)CC1. The number of sulfonamides is 1. The summed E-state index contributed by atoms with van der Waals surface area (Å²) in [4.78, 5) is 4.25. The van der Waals surface area contributed by atoms with Gasteiger partial charge in [0.2, 0.25) is 10.0 Å². The second kappa shape index (κ2) is 10.3. The number of benzene rings is 1. The zero-order valence-corrected chi connectivity index (χ0v) is 17.7. The van der Waals surface area contributed by atoms with E-state index in [0.717, 1.165) is 38.5 Å². The number of aliphatic imine (C=N–C) groups is 1. The topological polar surface area (TPSA) is 82.6 Å². The molecule has 2 aliphatic carbocycles. The molecular weight excluding hydrogens is 372 g/mol. The van der Waals surface area contributed by atoms with Gasteiger partial charge in [-0.05, 0) is 55.9 Å². The van der Waals surface area contributed by atoms with E-state index in [1.165, 1.54) is 12.0 Å². The van der Waals surface area contributed by atoms with Crippen molar-refractivity contribution in [1.29, 1.82) is 0 Å². The fourth-order valence-electron chi connectivity index (χ4n) is 4.00. The molecule has 0 aromatic heterocycles. The summed E-state index contributed by atoms with van der Waals surface area (Å²) >= 11 is 0. The number of nitrogens with zero attached hydrogens (tertiary/aromatic N) is 1. The van der Waals surface area contributed by atoms with Crippen molar-refractivity contribution in [1.82, 2.24) is 15.4 Å². The first-order valence-corrected chi connectivity index (χ1v) is 12.2. The largest absolute Gasteiger partial charge is 0.355 e. The van der Waals surface area contributed by atoms with Crippen molar-refractivity contribution < 1.29 is 8.42 Å². The van der Waals surface area contributed by atoms with Gasteiger partial charge in [0.15, 0.2) is 5.96 Å². The number of rotatable bonds is 8. The maximum absolute atomic E-state index is 12.1. The lowest BCUT2D eigenvalue weighted by Gasteiger charge is -2.30. The molecule has 0 atom stereocenters. The number of guanidine groups is 1. The van der Waals surface area contributed by atoms with Crippen LogP contribution in [-0.2, 0) is 10.0 Å². The fraction of sp³-hybridized carbons (Fsp3) is 0.667. The van der Waals surface area contributed by atoms with Crippen LogP contribution in [0.3, 0.4) is 0 Å². The Morgan fingerprint density at radius 3 is 2.39 bits per heavy atom. The Morgan fingerprint density at radius 2 is 1.79 bits per heavy atom. The highest BCUT2D eigenvalue weighted by Crippen LogP contribution is 2.32. The van der Waals surface area contributed by atoms with Crippen molar-refractivity contribution >= 4 is 16.0 Å². The first-order valence-electron chi connectivity index (χ1n) is 10.5. The van der Waals surface area contributed by atoms with Crippen molar-refractivity contribution in [3.63, 3.8) is 0 Å². The molecule has 2 saturated carbocycles. The van der Waals surface area contributed by atoms with E-state index in [0.29, 0.717) is 36.9 Å². The van der Waals surface area contributed by atoms with Crippen LogP contribution in [0.2, 0.25) is 0 Å². The van der Waals surface area contributed by atoms with E-state index in [1.807, 2.05) is 0 Å². The summed E-state index contributed by atoms with van der Waals surface area (Å²) in [6, 6.07) is 11.1. The minimum Gasteiger partial charge on any atom is -0.355 e. The molecule has 0 unspecified atom stereocenters. The molecule has 0 radical (unpaired) electrons. The molecule has 28 heavy (non-hydrogen) atoms. The molecule has 0 heterocycles. The van der Waals surface area contributed by atoms with E-state index in [1.54, 1.807) is 7.05 Å². The van der Waals surface area contributed by atoms with Gasteiger partial charge in [0.1, 0.15) is 0 Å². The maximum Gasteiger partial charge on any atom is 0.213 e. The van der Waals surface area contributed by atoms with Gasteiger partial charge in [-0.25, -0.2) is 13.1 Å². The van der Waals surface area contributed by atoms with Crippen LogP contribution >= 0.6 is 0 Å². The van der Waals surface area contributed by atoms with Crippen LogP contribution in [0.4, 0.5) is 0 Å². The van der Waals surface area contributed by atoms with Gasteiger partial charge in [-0.2, -0.15) is 0 Å². The van der Waals surface area contributed by atoms with Gasteiger partial charge in [-0.15, -0.1) is 0 Å². The van der Waals surface area contributed by atoms with E-state index in [-0.39, 0.29) is 5.75 Å². The Bertz CT molecular complexity index is 724. The first-order chi connectivity index (χ1) is 13.6. The van der Waals surface area contributed by atoms with Gasteiger partial charge in [-0.3, -0.25) is 4.99 Å². The second-order valence-electron chi connectivity index (χ2n) is 8.07. The van der Waals surface area contributed by atoms with Crippen molar-refractivity contribution in [2.24, 2.45) is 10.9 Å². The molecule has 0 saturated heterocycles. The number of nitrogens with one attached hydrogen (secondary N) is 3. The van der Waals surface area contributed by atoms with Crippen molar-refractivity contribution in [3.05, 3.63) is 35.9 Å². The zero-order chi connectivity index (χ0) is 19.8. The molecule has 0 bridgehead atoms.